The van der Waals surface area contributed by atoms with Crippen molar-refractivity contribution in [1.29, 1.82) is 0 Å². The highest BCUT2D eigenvalue weighted by molar-refractivity contribution is 9.10. The third kappa shape index (κ3) is 3.88. The zero-order chi connectivity index (χ0) is 14.8. The molecule has 1 aromatic carbocycles. The van der Waals surface area contributed by atoms with E-state index < -0.39 is 12.1 Å². The molecule has 1 heterocycles. The minimum absolute atomic E-state index is 0.195. The molecule has 0 atom stereocenters. The lowest BCUT2D eigenvalue weighted by Gasteiger charge is -2.32. The van der Waals surface area contributed by atoms with Gasteiger partial charge in [0.15, 0.2) is 0 Å². The van der Waals surface area contributed by atoms with Crippen LogP contribution in [0.1, 0.15) is 18.4 Å². The number of nitrogens with zero attached hydrogens (tertiary/aromatic N) is 1. The molecule has 1 aliphatic rings. The zero-order valence-corrected chi connectivity index (χ0v) is 12.8. The van der Waals surface area contributed by atoms with Gasteiger partial charge in [-0.3, -0.25) is 4.90 Å². The number of ether oxygens (including phenoxy) is 1. The van der Waals surface area contributed by atoms with Crippen LogP contribution in [0.4, 0.5) is 13.2 Å². The molecule has 0 unspecified atom stereocenters. The molecule has 0 amide bonds. The molecule has 0 N–H and O–H groups in total. The van der Waals surface area contributed by atoms with Crippen LogP contribution in [0, 0.1) is 5.92 Å². The van der Waals surface area contributed by atoms with E-state index in [2.05, 4.69) is 20.8 Å². The summed E-state index contributed by atoms with van der Waals surface area (Å²) < 4.78 is 43.8. The van der Waals surface area contributed by atoms with Crippen molar-refractivity contribution in [1.82, 2.24) is 4.90 Å². The third-order valence-electron chi connectivity index (χ3n) is 3.67. The van der Waals surface area contributed by atoms with Crippen LogP contribution in [0.2, 0.25) is 0 Å². The van der Waals surface area contributed by atoms with Gasteiger partial charge in [0.25, 0.3) is 0 Å². The predicted molar refractivity (Wildman–Crippen MR) is 74.8 cm³/mol. The number of hydrogen-bond acceptors (Lipinski definition) is 2. The molecule has 0 aliphatic carbocycles. The van der Waals surface area contributed by atoms with Gasteiger partial charge >= 0.3 is 6.18 Å². The van der Waals surface area contributed by atoms with Crippen molar-refractivity contribution in [2.24, 2.45) is 5.92 Å². The minimum atomic E-state index is -4.05. The Hall–Kier alpha value is -0.750. The Kier molecular flexibility index (Phi) is 4.96. The lowest BCUT2D eigenvalue weighted by molar-refractivity contribution is -0.185. The summed E-state index contributed by atoms with van der Waals surface area (Å²) in [6.07, 6.45) is -3.66. The Labute approximate surface area is 125 Å². The highest BCUT2D eigenvalue weighted by Crippen LogP contribution is 2.34. The molecule has 1 saturated heterocycles. The van der Waals surface area contributed by atoms with Crippen molar-refractivity contribution in [3.8, 4) is 5.75 Å². The molecule has 2 nitrogen and oxygen atoms in total. The number of rotatable bonds is 3. The van der Waals surface area contributed by atoms with Crippen molar-refractivity contribution in [2.45, 2.75) is 25.6 Å². The fraction of sp³-hybridized carbons (Fsp3) is 0.571. The summed E-state index contributed by atoms with van der Waals surface area (Å²) >= 11 is 3.42. The topological polar surface area (TPSA) is 12.5 Å². The highest BCUT2D eigenvalue weighted by Gasteiger charge is 2.40. The van der Waals surface area contributed by atoms with Crippen LogP contribution < -0.4 is 4.74 Å². The number of benzene rings is 1. The van der Waals surface area contributed by atoms with E-state index in [0.29, 0.717) is 19.6 Å². The van der Waals surface area contributed by atoms with Gasteiger partial charge in [0.2, 0.25) is 0 Å². The van der Waals surface area contributed by atoms with Crippen LogP contribution in [0.25, 0.3) is 0 Å². The molecule has 20 heavy (non-hydrogen) atoms. The summed E-state index contributed by atoms with van der Waals surface area (Å²) in [5.74, 6) is -0.383. The SMILES string of the molecule is COc1ccc(CN2CCC(C(F)(F)F)CC2)cc1Br. The molecule has 1 fully saturated rings. The van der Waals surface area contributed by atoms with E-state index in [-0.39, 0.29) is 12.8 Å². The fourth-order valence-electron chi connectivity index (χ4n) is 2.48. The van der Waals surface area contributed by atoms with E-state index in [1.807, 2.05) is 18.2 Å². The van der Waals surface area contributed by atoms with Crippen molar-refractivity contribution in [2.75, 3.05) is 20.2 Å². The summed E-state index contributed by atoms with van der Waals surface area (Å²) in [7, 11) is 1.60. The first-order valence-electron chi connectivity index (χ1n) is 6.51. The monoisotopic (exact) mass is 351 g/mol. The lowest BCUT2D eigenvalue weighted by Crippen LogP contribution is -2.38. The van der Waals surface area contributed by atoms with E-state index in [1.165, 1.54) is 0 Å². The Morgan fingerprint density at radius 1 is 1.30 bits per heavy atom. The molecule has 0 aromatic heterocycles. The standard InChI is InChI=1S/C14H17BrF3NO/c1-20-13-3-2-10(8-12(13)15)9-19-6-4-11(5-7-19)14(16,17)18/h2-3,8,11H,4-7,9H2,1H3. The Morgan fingerprint density at radius 3 is 2.45 bits per heavy atom. The van der Waals surface area contributed by atoms with Crippen molar-refractivity contribution in [3.05, 3.63) is 28.2 Å². The quantitative estimate of drug-likeness (QED) is 0.807. The number of hydrogen-bond donors (Lipinski definition) is 0. The Morgan fingerprint density at radius 2 is 1.95 bits per heavy atom. The molecular formula is C14H17BrF3NO. The van der Waals surface area contributed by atoms with Gasteiger partial charge in [-0.2, -0.15) is 13.2 Å². The second kappa shape index (κ2) is 6.35. The highest BCUT2D eigenvalue weighted by atomic mass is 79.9. The molecule has 1 aromatic rings. The summed E-state index contributed by atoms with van der Waals surface area (Å²) in [5, 5.41) is 0. The van der Waals surface area contributed by atoms with Crippen LogP contribution in [0.5, 0.6) is 5.75 Å². The van der Waals surface area contributed by atoms with Gasteiger partial charge in [0.05, 0.1) is 17.5 Å². The molecule has 2 rings (SSSR count). The molecule has 0 saturated carbocycles. The first-order chi connectivity index (χ1) is 9.40. The van der Waals surface area contributed by atoms with Crippen LogP contribution in [-0.2, 0) is 6.54 Å². The summed E-state index contributed by atoms with van der Waals surface area (Å²) in [5.41, 5.74) is 1.07. The molecule has 1 aliphatic heterocycles. The van der Waals surface area contributed by atoms with Gasteiger partial charge in [0, 0.05) is 6.54 Å². The van der Waals surface area contributed by atoms with E-state index in [4.69, 9.17) is 4.74 Å². The van der Waals surface area contributed by atoms with Crippen molar-refractivity contribution in [3.63, 3.8) is 0 Å². The van der Waals surface area contributed by atoms with E-state index in [9.17, 15) is 13.2 Å². The van der Waals surface area contributed by atoms with Gasteiger partial charge in [-0.1, -0.05) is 6.07 Å². The number of alkyl halides is 3. The summed E-state index contributed by atoms with van der Waals surface area (Å²) in [6.45, 7) is 1.66. The van der Waals surface area contributed by atoms with Crippen LogP contribution >= 0.6 is 15.9 Å². The third-order valence-corrected chi connectivity index (χ3v) is 4.29. The van der Waals surface area contributed by atoms with E-state index in [1.54, 1.807) is 7.11 Å². The maximum absolute atomic E-state index is 12.6. The van der Waals surface area contributed by atoms with Gasteiger partial charge in [-0.05, 0) is 59.6 Å². The maximum atomic E-state index is 12.6. The normalized spacial score (nSPS) is 18.2. The van der Waals surface area contributed by atoms with Crippen LogP contribution in [0.15, 0.2) is 22.7 Å². The predicted octanol–water partition coefficient (Wildman–Crippen LogP) is 4.23. The Bertz CT molecular complexity index is 456. The van der Waals surface area contributed by atoms with E-state index >= 15 is 0 Å². The number of likely N-dealkylation sites (tertiary alicyclic amines) is 1. The average Bonchev–Trinajstić information content (AvgIpc) is 2.38. The molecule has 6 heteroatoms. The molecular weight excluding hydrogens is 335 g/mol. The summed E-state index contributed by atoms with van der Waals surface area (Å²) in [6, 6.07) is 5.76. The Balaban J connectivity index is 1.91. The molecule has 0 bridgehead atoms. The number of halogens is 4. The summed E-state index contributed by atoms with van der Waals surface area (Å²) in [4.78, 5) is 2.07. The van der Waals surface area contributed by atoms with Gasteiger partial charge in [0.1, 0.15) is 5.75 Å². The average molecular weight is 352 g/mol. The minimum Gasteiger partial charge on any atom is -0.496 e. The van der Waals surface area contributed by atoms with Crippen molar-refractivity contribution < 1.29 is 17.9 Å². The van der Waals surface area contributed by atoms with Gasteiger partial charge < -0.3 is 4.74 Å². The molecule has 0 radical (unpaired) electrons. The first-order valence-corrected chi connectivity index (χ1v) is 7.31. The second-order valence-corrected chi connectivity index (χ2v) is 5.92. The van der Waals surface area contributed by atoms with E-state index in [0.717, 1.165) is 15.8 Å². The van der Waals surface area contributed by atoms with Crippen LogP contribution in [-0.4, -0.2) is 31.3 Å². The number of piperidine rings is 1. The zero-order valence-electron chi connectivity index (χ0n) is 11.2. The smallest absolute Gasteiger partial charge is 0.391 e. The molecule has 112 valence electrons. The first kappa shape index (κ1) is 15.6. The second-order valence-electron chi connectivity index (χ2n) is 5.06. The van der Waals surface area contributed by atoms with Crippen molar-refractivity contribution >= 4 is 15.9 Å². The largest absolute Gasteiger partial charge is 0.496 e. The number of methoxy groups -OCH3 is 1. The molecule has 0 spiro atoms. The lowest BCUT2D eigenvalue weighted by atomic mass is 9.96. The maximum Gasteiger partial charge on any atom is 0.391 e. The van der Waals surface area contributed by atoms with Gasteiger partial charge in [-0.15, -0.1) is 0 Å². The van der Waals surface area contributed by atoms with Crippen LogP contribution in [0.3, 0.4) is 0 Å². The van der Waals surface area contributed by atoms with Gasteiger partial charge in [-0.25, -0.2) is 0 Å². The fourth-order valence-corrected chi connectivity index (χ4v) is 3.07.